The van der Waals surface area contributed by atoms with Crippen molar-refractivity contribution < 1.29 is 33.4 Å². The molecule has 126 valence electrons. The molecule has 0 radical (unpaired) electrons. The van der Waals surface area contributed by atoms with Crippen molar-refractivity contribution in [3.63, 3.8) is 0 Å². The fourth-order valence-electron chi connectivity index (χ4n) is 1.08. The average molecular weight is 326 g/mol. The molecule has 0 aromatic heterocycles. The predicted octanol–water partition coefficient (Wildman–Crippen LogP) is 0.376. The Bertz CT molecular complexity index is 491. The lowest BCUT2D eigenvalue weighted by molar-refractivity contribution is -0.159. The normalized spacial score (nSPS) is 11.9. The monoisotopic (exact) mass is 326 g/mol. The van der Waals surface area contributed by atoms with Gasteiger partial charge < -0.3 is 9.47 Å². The van der Waals surface area contributed by atoms with E-state index in [0.717, 1.165) is 0 Å². The second kappa shape index (κ2) is 10.8. The van der Waals surface area contributed by atoms with E-state index in [-0.39, 0.29) is 43.4 Å². The third-order valence-electron chi connectivity index (χ3n) is 2.23. The van der Waals surface area contributed by atoms with Gasteiger partial charge in [-0.1, -0.05) is 13.8 Å². The van der Waals surface area contributed by atoms with E-state index in [2.05, 4.69) is 9.47 Å². The molecule has 0 aromatic carbocycles. The lowest BCUT2D eigenvalue weighted by Crippen LogP contribution is -2.19. The molecule has 1 rings (SSSR count). The summed E-state index contributed by atoms with van der Waals surface area (Å²) < 4.78 is 8.90. The lowest BCUT2D eigenvalue weighted by Gasteiger charge is -2.03. The van der Waals surface area contributed by atoms with Gasteiger partial charge in [0.25, 0.3) is 11.8 Å². The van der Waals surface area contributed by atoms with Gasteiger partial charge in [-0.3, -0.25) is 34.7 Å². The molecule has 0 spiro atoms. The number of carbonyl (C=O) groups is 5. The first-order valence-electron chi connectivity index (χ1n) is 6.83. The van der Waals surface area contributed by atoms with Gasteiger partial charge in [0.15, 0.2) is 5.90 Å². The fourth-order valence-corrected chi connectivity index (χ4v) is 1.08. The Labute approximate surface area is 132 Å². The zero-order valence-corrected chi connectivity index (χ0v) is 12.8. The average Bonchev–Trinajstić information content (AvgIpc) is 2.88. The number of rotatable bonds is 5. The van der Waals surface area contributed by atoms with E-state index < -0.39 is 17.9 Å². The van der Waals surface area contributed by atoms with Crippen molar-refractivity contribution in [3.8, 4) is 0 Å². The number of nitrogens with one attached hydrogen (secondary N) is 2. The molecule has 1 aliphatic heterocycles. The van der Waals surface area contributed by atoms with E-state index in [1.54, 1.807) is 13.8 Å². The summed E-state index contributed by atoms with van der Waals surface area (Å²) in [6.45, 7) is 3.17. The number of hydrogen-bond donors (Lipinski definition) is 2. The Morgan fingerprint density at radius 3 is 1.78 bits per heavy atom. The highest BCUT2D eigenvalue weighted by molar-refractivity contribution is 6.12. The molecule has 1 aliphatic rings. The summed E-state index contributed by atoms with van der Waals surface area (Å²) in [7, 11) is 0. The summed E-state index contributed by atoms with van der Waals surface area (Å²) in [5, 5.41) is 9.24. The molecule has 23 heavy (non-hydrogen) atoms. The van der Waals surface area contributed by atoms with Crippen LogP contribution in [0.5, 0.6) is 0 Å². The maximum atomic E-state index is 11.0. The van der Waals surface area contributed by atoms with Crippen LogP contribution in [0, 0.1) is 5.41 Å². The zero-order chi connectivity index (χ0) is 17.8. The van der Waals surface area contributed by atoms with Gasteiger partial charge in [0.05, 0.1) is 6.42 Å². The van der Waals surface area contributed by atoms with Crippen LogP contribution in [0.3, 0.4) is 0 Å². The summed E-state index contributed by atoms with van der Waals surface area (Å²) in [5.41, 5.74) is 0. The van der Waals surface area contributed by atoms with Gasteiger partial charge in [-0.2, -0.15) is 0 Å². The van der Waals surface area contributed by atoms with Crippen molar-refractivity contribution in [2.75, 3.05) is 0 Å². The topological polar surface area (TPSA) is 140 Å². The molecule has 0 aromatic rings. The molecule has 2 amide bonds. The van der Waals surface area contributed by atoms with Crippen LogP contribution in [0.4, 0.5) is 0 Å². The van der Waals surface area contributed by atoms with E-state index in [4.69, 9.17) is 5.41 Å². The van der Waals surface area contributed by atoms with E-state index in [1.165, 1.54) is 12.2 Å². The Kier molecular flexibility index (Phi) is 9.49. The first kappa shape index (κ1) is 20.2. The van der Waals surface area contributed by atoms with E-state index in [0.29, 0.717) is 0 Å². The first-order valence-corrected chi connectivity index (χ1v) is 6.83. The van der Waals surface area contributed by atoms with Crippen molar-refractivity contribution in [2.24, 2.45) is 0 Å². The molecule has 0 atom stereocenters. The van der Waals surface area contributed by atoms with Gasteiger partial charge in [-0.15, -0.1) is 0 Å². The summed E-state index contributed by atoms with van der Waals surface area (Å²) in [5.74, 6) is -2.81. The first-order chi connectivity index (χ1) is 10.8. The van der Waals surface area contributed by atoms with Gasteiger partial charge in [0.2, 0.25) is 0 Å². The molecular formula is C14H18N2O7. The van der Waals surface area contributed by atoms with E-state index in [9.17, 15) is 24.0 Å². The zero-order valence-electron chi connectivity index (χ0n) is 12.8. The van der Waals surface area contributed by atoms with Crippen molar-refractivity contribution in [1.29, 1.82) is 5.41 Å². The molecular weight excluding hydrogens is 308 g/mol. The van der Waals surface area contributed by atoms with Crippen LogP contribution in [-0.2, 0) is 33.4 Å². The minimum Gasteiger partial charge on any atom is -0.412 e. The molecule has 0 saturated carbocycles. The van der Waals surface area contributed by atoms with Crippen LogP contribution in [-0.4, -0.2) is 35.6 Å². The van der Waals surface area contributed by atoms with Crippen molar-refractivity contribution in [2.45, 2.75) is 39.5 Å². The highest BCUT2D eigenvalue weighted by Crippen LogP contribution is 1.99. The fraction of sp³-hybridized carbons (Fsp3) is 0.429. The van der Waals surface area contributed by atoms with Crippen LogP contribution < -0.4 is 5.32 Å². The largest absolute Gasteiger partial charge is 0.412 e. The quantitative estimate of drug-likeness (QED) is 0.244. The summed E-state index contributed by atoms with van der Waals surface area (Å²) in [4.78, 5) is 52.5. The Balaban J connectivity index is 0.000000568. The molecule has 0 bridgehead atoms. The standard InChI is InChI=1S/C10H15NO5.C4H3NO2/c1-3-8(12)15-7(11)5-6-10(14)16-9(13)4-2;6-3-1-2-4(7)5-3/h11H,3-6H2,1-2H3;1-2H,(H,5,6,7). The maximum Gasteiger partial charge on any atom is 0.313 e. The SMILES string of the molecule is CCC(=O)OC(=N)CCC(=O)OC(=O)CC.O=C1C=CC(=O)N1. The summed E-state index contributed by atoms with van der Waals surface area (Å²) >= 11 is 0. The van der Waals surface area contributed by atoms with E-state index in [1.807, 2.05) is 5.32 Å². The Morgan fingerprint density at radius 1 is 0.913 bits per heavy atom. The number of hydrogen-bond acceptors (Lipinski definition) is 8. The molecule has 9 heteroatoms. The lowest BCUT2D eigenvalue weighted by atomic mass is 10.3. The number of ether oxygens (including phenoxy) is 2. The molecule has 9 nitrogen and oxygen atoms in total. The van der Waals surface area contributed by atoms with Crippen molar-refractivity contribution in [1.82, 2.24) is 5.32 Å². The predicted molar refractivity (Wildman–Crippen MR) is 77.0 cm³/mol. The highest BCUT2D eigenvalue weighted by Gasteiger charge is 2.11. The second-order valence-electron chi connectivity index (χ2n) is 4.14. The third kappa shape index (κ3) is 10.5. The molecule has 0 unspecified atom stereocenters. The van der Waals surface area contributed by atoms with Gasteiger partial charge in [0.1, 0.15) is 0 Å². The number of amides is 2. The number of esters is 3. The Hall–Kier alpha value is -2.84. The van der Waals surface area contributed by atoms with E-state index >= 15 is 0 Å². The summed E-state index contributed by atoms with van der Waals surface area (Å²) in [6, 6.07) is 0. The van der Waals surface area contributed by atoms with Crippen molar-refractivity contribution in [3.05, 3.63) is 12.2 Å². The smallest absolute Gasteiger partial charge is 0.313 e. The van der Waals surface area contributed by atoms with Crippen LogP contribution in [0.25, 0.3) is 0 Å². The highest BCUT2D eigenvalue weighted by atomic mass is 16.6. The molecule has 0 fully saturated rings. The van der Waals surface area contributed by atoms with Crippen LogP contribution in [0.1, 0.15) is 39.5 Å². The van der Waals surface area contributed by atoms with Gasteiger partial charge in [-0.05, 0) is 0 Å². The van der Waals surface area contributed by atoms with Crippen molar-refractivity contribution >= 4 is 35.6 Å². The van der Waals surface area contributed by atoms with Crippen LogP contribution in [0.2, 0.25) is 0 Å². The minimum atomic E-state index is -0.718. The molecule has 0 saturated heterocycles. The number of carbonyl (C=O) groups excluding carboxylic acids is 5. The summed E-state index contributed by atoms with van der Waals surface area (Å²) in [6.07, 6.45) is 2.48. The third-order valence-corrected chi connectivity index (χ3v) is 2.23. The van der Waals surface area contributed by atoms with Gasteiger partial charge in [0, 0.05) is 31.4 Å². The number of imide groups is 1. The molecule has 0 aliphatic carbocycles. The minimum absolute atomic E-state index is 0.0540. The Morgan fingerprint density at radius 2 is 1.39 bits per heavy atom. The maximum absolute atomic E-state index is 11.0. The van der Waals surface area contributed by atoms with Crippen LogP contribution >= 0.6 is 0 Å². The van der Waals surface area contributed by atoms with Gasteiger partial charge in [-0.25, -0.2) is 0 Å². The van der Waals surface area contributed by atoms with Gasteiger partial charge >= 0.3 is 17.9 Å². The van der Waals surface area contributed by atoms with Crippen LogP contribution in [0.15, 0.2) is 12.2 Å². The second-order valence-corrected chi connectivity index (χ2v) is 4.14. The molecule has 1 heterocycles. The molecule has 2 N–H and O–H groups in total.